The van der Waals surface area contributed by atoms with Crippen LogP contribution >= 0.6 is 22.7 Å². The highest BCUT2D eigenvalue weighted by Gasteiger charge is 2.14. The summed E-state index contributed by atoms with van der Waals surface area (Å²) in [5.74, 6) is -0.181. The van der Waals surface area contributed by atoms with E-state index in [4.69, 9.17) is 0 Å². The van der Waals surface area contributed by atoms with Crippen molar-refractivity contribution in [3.8, 4) is 10.6 Å². The number of anilines is 1. The van der Waals surface area contributed by atoms with Gasteiger partial charge in [-0.15, -0.1) is 11.3 Å². The number of hydrogen-bond acceptors (Lipinski definition) is 4. The van der Waals surface area contributed by atoms with Gasteiger partial charge in [-0.1, -0.05) is 6.07 Å². The molecule has 0 aliphatic heterocycles. The molecule has 0 fully saturated rings. The quantitative estimate of drug-likeness (QED) is 0.592. The number of amides is 1. The average molecular weight is 339 g/mol. The van der Waals surface area contributed by atoms with E-state index >= 15 is 0 Å². The second-order valence-corrected chi connectivity index (χ2v) is 6.81. The van der Waals surface area contributed by atoms with Gasteiger partial charge in [-0.2, -0.15) is 11.3 Å². The first-order valence-electron chi connectivity index (χ1n) is 7.06. The van der Waals surface area contributed by atoms with Crippen LogP contribution in [0.25, 0.3) is 21.5 Å². The Hall–Kier alpha value is -2.44. The fourth-order valence-corrected chi connectivity index (χ4v) is 4.01. The summed E-state index contributed by atoms with van der Waals surface area (Å²) in [4.78, 5) is 16.9. The largest absolute Gasteiger partial charge is 0.350 e. The monoisotopic (exact) mass is 339 g/mol. The molecule has 4 rings (SSSR count). The Labute approximate surface area is 141 Å². The fourth-order valence-electron chi connectivity index (χ4n) is 2.49. The number of thiophene rings is 1. The summed E-state index contributed by atoms with van der Waals surface area (Å²) < 4.78 is 2.03. The third-order valence-corrected chi connectivity index (χ3v) is 5.26. The Bertz CT molecular complexity index is 983. The van der Waals surface area contributed by atoms with Crippen molar-refractivity contribution < 1.29 is 4.79 Å². The summed E-state index contributed by atoms with van der Waals surface area (Å²) in [6.45, 7) is 0. The number of hydrogen-bond donors (Lipinski definition) is 1. The van der Waals surface area contributed by atoms with Crippen molar-refractivity contribution in [3.63, 3.8) is 0 Å². The lowest BCUT2D eigenvalue weighted by atomic mass is 10.2. The molecular weight excluding hydrogens is 326 g/mol. The fraction of sp³-hybridized carbons (Fsp3) is 0.0588. The maximum absolute atomic E-state index is 12.5. The van der Waals surface area contributed by atoms with Gasteiger partial charge in [0.25, 0.3) is 5.91 Å². The number of aromatic nitrogens is 2. The van der Waals surface area contributed by atoms with Crippen LogP contribution in [0.3, 0.4) is 0 Å². The smallest absolute Gasteiger partial charge is 0.275 e. The number of thiazole rings is 1. The van der Waals surface area contributed by atoms with Crippen LogP contribution < -0.4 is 5.32 Å². The van der Waals surface area contributed by atoms with Gasteiger partial charge in [0, 0.05) is 40.5 Å². The highest BCUT2D eigenvalue weighted by molar-refractivity contribution is 7.14. The van der Waals surface area contributed by atoms with Gasteiger partial charge in [0.1, 0.15) is 10.7 Å². The molecule has 3 heterocycles. The van der Waals surface area contributed by atoms with E-state index in [2.05, 4.69) is 10.3 Å². The van der Waals surface area contributed by atoms with E-state index in [0.717, 1.165) is 27.2 Å². The normalized spacial score (nSPS) is 11.0. The summed E-state index contributed by atoms with van der Waals surface area (Å²) >= 11 is 3.11. The minimum absolute atomic E-state index is 0.181. The molecular formula is C17H13N3OS2. The van der Waals surface area contributed by atoms with E-state index < -0.39 is 0 Å². The zero-order valence-corrected chi connectivity index (χ0v) is 13.9. The molecule has 0 saturated heterocycles. The van der Waals surface area contributed by atoms with Crippen LogP contribution in [-0.2, 0) is 7.05 Å². The number of fused-ring (bicyclic) bond motifs is 1. The molecule has 0 radical (unpaired) electrons. The standard InChI is InChI=1S/C17H13N3OS2/c1-20-7-5-12-13(3-2-4-15(12)20)18-16(21)14-10-23-17(19-14)11-6-8-22-9-11/h2-10H,1H3,(H,18,21). The first-order valence-corrected chi connectivity index (χ1v) is 8.88. The van der Waals surface area contributed by atoms with Crippen LogP contribution in [0, 0.1) is 0 Å². The molecule has 1 amide bonds. The first-order chi connectivity index (χ1) is 11.2. The Kier molecular flexibility index (Phi) is 3.48. The Morgan fingerprint density at radius 2 is 2.13 bits per heavy atom. The molecule has 0 unspecified atom stereocenters. The van der Waals surface area contributed by atoms with Crippen LogP contribution in [0.5, 0.6) is 0 Å². The second-order valence-electron chi connectivity index (χ2n) is 5.17. The molecule has 0 spiro atoms. The topological polar surface area (TPSA) is 46.9 Å². The molecule has 1 aromatic carbocycles. The zero-order chi connectivity index (χ0) is 15.8. The minimum atomic E-state index is -0.181. The van der Waals surface area contributed by atoms with E-state index in [9.17, 15) is 4.79 Å². The lowest BCUT2D eigenvalue weighted by Gasteiger charge is -2.05. The maximum atomic E-state index is 12.5. The number of rotatable bonds is 3. The zero-order valence-electron chi connectivity index (χ0n) is 12.3. The lowest BCUT2D eigenvalue weighted by molar-refractivity contribution is 0.102. The van der Waals surface area contributed by atoms with Gasteiger partial charge in [-0.25, -0.2) is 4.98 Å². The summed E-state index contributed by atoms with van der Waals surface area (Å²) in [6.07, 6.45) is 1.98. The van der Waals surface area contributed by atoms with Gasteiger partial charge in [-0.05, 0) is 29.6 Å². The summed E-state index contributed by atoms with van der Waals surface area (Å²) in [5.41, 5.74) is 3.39. The Morgan fingerprint density at radius 3 is 2.96 bits per heavy atom. The van der Waals surface area contributed by atoms with Crippen LogP contribution in [0.4, 0.5) is 5.69 Å². The molecule has 0 atom stereocenters. The molecule has 4 nitrogen and oxygen atoms in total. The second kappa shape index (κ2) is 5.64. The Balaban J connectivity index is 1.62. The number of benzene rings is 1. The molecule has 114 valence electrons. The predicted molar refractivity (Wildman–Crippen MR) is 96.3 cm³/mol. The highest BCUT2D eigenvalue weighted by Crippen LogP contribution is 2.27. The van der Waals surface area contributed by atoms with E-state index in [-0.39, 0.29) is 5.91 Å². The van der Waals surface area contributed by atoms with Gasteiger partial charge in [0.15, 0.2) is 0 Å². The van der Waals surface area contributed by atoms with Crippen LogP contribution in [0.15, 0.2) is 52.7 Å². The number of aryl methyl sites for hydroxylation is 1. The van der Waals surface area contributed by atoms with Crippen molar-refractivity contribution in [2.45, 2.75) is 0 Å². The van der Waals surface area contributed by atoms with E-state index in [1.54, 1.807) is 16.7 Å². The van der Waals surface area contributed by atoms with Crippen LogP contribution in [0.2, 0.25) is 0 Å². The van der Waals surface area contributed by atoms with Crippen molar-refractivity contribution in [3.05, 3.63) is 58.4 Å². The third kappa shape index (κ3) is 2.56. The number of carbonyl (C=O) groups excluding carboxylic acids is 1. The van der Waals surface area contributed by atoms with Crippen molar-refractivity contribution in [1.82, 2.24) is 9.55 Å². The van der Waals surface area contributed by atoms with Crippen molar-refractivity contribution >= 4 is 45.2 Å². The molecule has 23 heavy (non-hydrogen) atoms. The van der Waals surface area contributed by atoms with Gasteiger partial charge in [-0.3, -0.25) is 4.79 Å². The first kappa shape index (κ1) is 14.2. The predicted octanol–water partition coefficient (Wildman–Crippen LogP) is 4.62. The van der Waals surface area contributed by atoms with Crippen LogP contribution in [-0.4, -0.2) is 15.5 Å². The van der Waals surface area contributed by atoms with Gasteiger partial charge < -0.3 is 9.88 Å². The van der Waals surface area contributed by atoms with Crippen molar-refractivity contribution in [1.29, 1.82) is 0 Å². The molecule has 0 bridgehead atoms. The summed E-state index contributed by atoms with van der Waals surface area (Å²) in [5, 5.41) is 10.7. The molecule has 0 aliphatic carbocycles. The van der Waals surface area contributed by atoms with Gasteiger partial charge in [0.2, 0.25) is 0 Å². The molecule has 0 aliphatic rings. The van der Waals surface area contributed by atoms with Crippen molar-refractivity contribution in [2.75, 3.05) is 5.32 Å². The SMILES string of the molecule is Cn1ccc2c(NC(=O)c3csc(-c4ccsc4)n3)cccc21. The molecule has 3 aromatic heterocycles. The van der Waals surface area contributed by atoms with Gasteiger partial charge >= 0.3 is 0 Å². The number of nitrogens with zero attached hydrogens (tertiary/aromatic N) is 2. The number of nitrogens with one attached hydrogen (secondary N) is 1. The van der Waals surface area contributed by atoms with Crippen molar-refractivity contribution in [2.24, 2.45) is 7.05 Å². The highest BCUT2D eigenvalue weighted by atomic mass is 32.1. The summed E-state index contributed by atoms with van der Waals surface area (Å²) in [7, 11) is 1.99. The lowest BCUT2D eigenvalue weighted by Crippen LogP contribution is -2.12. The molecule has 1 N–H and O–H groups in total. The third-order valence-electron chi connectivity index (χ3n) is 3.68. The Morgan fingerprint density at radius 1 is 1.22 bits per heavy atom. The summed E-state index contributed by atoms with van der Waals surface area (Å²) in [6, 6.07) is 9.89. The molecule has 6 heteroatoms. The van der Waals surface area contributed by atoms with E-state index in [1.807, 2.05) is 58.9 Å². The average Bonchev–Trinajstić information content (AvgIpc) is 3.28. The van der Waals surface area contributed by atoms with Crippen LogP contribution in [0.1, 0.15) is 10.5 Å². The maximum Gasteiger partial charge on any atom is 0.275 e. The molecule has 4 aromatic rings. The van der Waals surface area contributed by atoms with Gasteiger partial charge in [0.05, 0.1) is 5.69 Å². The number of carbonyl (C=O) groups is 1. The minimum Gasteiger partial charge on any atom is -0.350 e. The molecule has 0 saturated carbocycles. The van der Waals surface area contributed by atoms with E-state index in [0.29, 0.717) is 5.69 Å². The van der Waals surface area contributed by atoms with E-state index in [1.165, 1.54) is 11.3 Å².